The van der Waals surface area contributed by atoms with Gasteiger partial charge >= 0.3 is 6.09 Å². The summed E-state index contributed by atoms with van der Waals surface area (Å²) >= 11 is 7.87. The van der Waals surface area contributed by atoms with Crippen molar-refractivity contribution in [1.82, 2.24) is 4.90 Å². The number of hydrogen-bond donors (Lipinski definition) is 0. The van der Waals surface area contributed by atoms with E-state index in [9.17, 15) is 4.79 Å². The molecule has 1 fully saturated rings. The lowest BCUT2D eigenvalue weighted by Gasteiger charge is -2.37. The molecule has 0 N–H and O–H groups in total. The maximum atomic E-state index is 11.9. The summed E-state index contributed by atoms with van der Waals surface area (Å²) in [5, 5.41) is 0. The first-order valence-corrected chi connectivity index (χ1v) is 8.94. The Morgan fingerprint density at radius 3 is 2.39 bits per heavy atom. The zero-order valence-corrected chi connectivity index (χ0v) is 16.2. The molecule has 126 valence electrons. The number of amides is 1. The van der Waals surface area contributed by atoms with E-state index in [2.05, 4.69) is 38.7 Å². The molecule has 2 rings (SSSR count). The first-order chi connectivity index (χ1) is 10.5. The Hall–Kier alpha value is -1.18. The van der Waals surface area contributed by atoms with Crippen molar-refractivity contribution < 1.29 is 9.53 Å². The minimum atomic E-state index is -0.457. The van der Waals surface area contributed by atoms with Crippen LogP contribution < -0.4 is 0 Å². The number of ether oxygens (including phenoxy) is 1. The highest BCUT2D eigenvalue weighted by Crippen LogP contribution is 2.35. The van der Waals surface area contributed by atoms with Gasteiger partial charge in [0.1, 0.15) is 9.94 Å². The number of thiophene rings is 1. The molecule has 0 bridgehead atoms. The van der Waals surface area contributed by atoms with Crippen molar-refractivity contribution in [3.05, 3.63) is 20.8 Å². The van der Waals surface area contributed by atoms with Gasteiger partial charge in [-0.2, -0.15) is 0 Å². The Labute approximate surface area is 148 Å². The summed E-state index contributed by atoms with van der Waals surface area (Å²) in [6.07, 6.45) is -0.265. The average Bonchev–Trinajstić information content (AvgIpc) is 2.66. The number of carbonyl (C=O) groups excluding carboxylic acids is 1. The molecule has 1 amide bonds. The molecule has 3 nitrogen and oxygen atoms in total. The van der Waals surface area contributed by atoms with Gasteiger partial charge < -0.3 is 9.64 Å². The molecule has 23 heavy (non-hydrogen) atoms. The van der Waals surface area contributed by atoms with E-state index in [1.807, 2.05) is 20.8 Å². The Bertz CT molecular complexity index is 649. The molecule has 2 heterocycles. The quantitative estimate of drug-likeness (QED) is 0.620. The van der Waals surface area contributed by atoms with Crippen LogP contribution in [0.3, 0.4) is 0 Å². The van der Waals surface area contributed by atoms with Crippen LogP contribution >= 0.6 is 22.9 Å². The molecule has 0 aromatic carbocycles. The zero-order chi connectivity index (χ0) is 17.4. The van der Waals surface area contributed by atoms with E-state index in [0.29, 0.717) is 13.1 Å². The van der Waals surface area contributed by atoms with Gasteiger partial charge in [0.05, 0.1) is 11.5 Å². The maximum Gasteiger partial charge on any atom is 0.410 e. The molecule has 1 aliphatic heterocycles. The average molecular weight is 354 g/mol. The molecule has 0 unspecified atom stereocenters. The third-order valence-corrected chi connectivity index (χ3v) is 5.15. The fourth-order valence-corrected chi connectivity index (χ4v) is 3.30. The minimum absolute atomic E-state index is 0.0816. The predicted octanol–water partition coefficient (Wildman–Crippen LogP) is 4.92. The van der Waals surface area contributed by atoms with Gasteiger partial charge in [-0.15, -0.1) is 11.3 Å². The van der Waals surface area contributed by atoms with E-state index in [1.165, 1.54) is 4.88 Å². The molecule has 0 aliphatic carbocycles. The van der Waals surface area contributed by atoms with Crippen LogP contribution in [0.1, 0.15) is 52.0 Å². The van der Waals surface area contributed by atoms with Crippen molar-refractivity contribution in [2.45, 2.75) is 52.6 Å². The van der Waals surface area contributed by atoms with Crippen LogP contribution in [0.25, 0.3) is 0 Å². The minimum Gasteiger partial charge on any atom is -0.444 e. The molecule has 1 aromatic heterocycles. The molecule has 1 saturated heterocycles. The van der Waals surface area contributed by atoms with Gasteiger partial charge in [-0.3, -0.25) is 0 Å². The van der Waals surface area contributed by atoms with E-state index < -0.39 is 5.60 Å². The smallest absolute Gasteiger partial charge is 0.410 e. The van der Waals surface area contributed by atoms with Crippen molar-refractivity contribution >= 4 is 29.0 Å². The molecule has 5 heteroatoms. The molecular formula is C18H24ClNO2S. The summed E-state index contributed by atoms with van der Waals surface area (Å²) in [7, 11) is 0. The first kappa shape index (κ1) is 18.2. The van der Waals surface area contributed by atoms with Gasteiger partial charge in [-0.25, -0.2) is 4.79 Å². The van der Waals surface area contributed by atoms with Gasteiger partial charge in [0, 0.05) is 18.0 Å². The van der Waals surface area contributed by atoms with Gasteiger partial charge in [-0.1, -0.05) is 44.2 Å². The lowest BCUT2D eigenvalue weighted by molar-refractivity contribution is 0.00592. The Balaban J connectivity index is 1.93. The maximum absolute atomic E-state index is 11.9. The van der Waals surface area contributed by atoms with Gasteiger partial charge in [-0.05, 0) is 32.3 Å². The van der Waals surface area contributed by atoms with Crippen LogP contribution in [-0.4, -0.2) is 29.7 Å². The van der Waals surface area contributed by atoms with E-state index in [0.717, 1.165) is 9.90 Å². The summed E-state index contributed by atoms with van der Waals surface area (Å²) in [6.45, 7) is 13.3. The lowest BCUT2D eigenvalue weighted by Crippen LogP contribution is -2.51. The summed E-state index contributed by atoms with van der Waals surface area (Å²) in [4.78, 5) is 14.8. The molecule has 0 atom stereocenters. The van der Waals surface area contributed by atoms with E-state index >= 15 is 0 Å². The standard InChI is InChI=1S/C18H24ClNO2S/c1-17(2,3)14-9-13(15(19)23-14)8-7-12-10-20(11-12)16(21)22-18(4,5)6/h9,12H,10-11H2,1-6H3. The van der Waals surface area contributed by atoms with Crippen molar-refractivity contribution in [3.63, 3.8) is 0 Å². The molecule has 0 saturated carbocycles. The predicted molar refractivity (Wildman–Crippen MR) is 96.2 cm³/mol. The summed E-state index contributed by atoms with van der Waals surface area (Å²) < 4.78 is 6.07. The topological polar surface area (TPSA) is 29.5 Å². The number of nitrogens with zero attached hydrogens (tertiary/aromatic N) is 1. The second-order valence-electron chi connectivity index (χ2n) is 7.90. The highest BCUT2D eigenvalue weighted by atomic mass is 35.5. The SMILES string of the molecule is CC(C)(C)OC(=O)N1CC(C#Cc2cc(C(C)(C)C)sc2Cl)C1. The number of rotatable bonds is 0. The van der Waals surface area contributed by atoms with Crippen LogP contribution in [0.4, 0.5) is 4.79 Å². The Morgan fingerprint density at radius 2 is 1.91 bits per heavy atom. The van der Waals surface area contributed by atoms with Crippen molar-refractivity contribution in [3.8, 4) is 11.8 Å². The van der Waals surface area contributed by atoms with Crippen LogP contribution in [0.2, 0.25) is 4.34 Å². The van der Waals surface area contributed by atoms with Crippen molar-refractivity contribution in [1.29, 1.82) is 0 Å². The van der Waals surface area contributed by atoms with E-state index in [1.54, 1.807) is 16.2 Å². The van der Waals surface area contributed by atoms with E-state index in [-0.39, 0.29) is 17.4 Å². The summed E-state index contributed by atoms with van der Waals surface area (Å²) in [6, 6.07) is 2.07. The second kappa shape index (κ2) is 6.37. The fourth-order valence-electron chi connectivity index (χ4n) is 2.05. The lowest BCUT2D eigenvalue weighted by atomic mass is 9.94. The fraction of sp³-hybridized carbons (Fsp3) is 0.611. The molecular weight excluding hydrogens is 330 g/mol. The molecule has 0 radical (unpaired) electrons. The number of carbonyl (C=O) groups is 1. The van der Waals surface area contributed by atoms with Gasteiger partial charge in [0.15, 0.2) is 0 Å². The number of hydrogen-bond acceptors (Lipinski definition) is 3. The van der Waals surface area contributed by atoms with Crippen LogP contribution in [0.5, 0.6) is 0 Å². The molecule has 1 aromatic rings. The Morgan fingerprint density at radius 1 is 1.30 bits per heavy atom. The zero-order valence-electron chi connectivity index (χ0n) is 14.6. The summed E-state index contributed by atoms with van der Waals surface area (Å²) in [5.74, 6) is 6.57. The molecule has 1 aliphatic rings. The van der Waals surface area contributed by atoms with E-state index in [4.69, 9.17) is 16.3 Å². The molecule has 0 spiro atoms. The third-order valence-electron chi connectivity index (χ3n) is 3.37. The van der Waals surface area contributed by atoms with Crippen LogP contribution in [0, 0.1) is 17.8 Å². The third kappa shape index (κ3) is 4.89. The highest BCUT2D eigenvalue weighted by Gasteiger charge is 2.32. The van der Waals surface area contributed by atoms with Crippen molar-refractivity contribution in [2.75, 3.05) is 13.1 Å². The van der Waals surface area contributed by atoms with Gasteiger partial charge in [0.25, 0.3) is 0 Å². The monoisotopic (exact) mass is 353 g/mol. The van der Waals surface area contributed by atoms with Crippen LogP contribution in [-0.2, 0) is 10.2 Å². The summed E-state index contributed by atoms with van der Waals surface area (Å²) in [5.41, 5.74) is 0.511. The normalized spacial score (nSPS) is 15.7. The van der Waals surface area contributed by atoms with Crippen LogP contribution in [0.15, 0.2) is 6.07 Å². The second-order valence-corrected chi connectivity index (χ2v) is 9.55. The Kier molecular flexibility index (Phi) is 5.03. The van der Waals surface area contributed by atoms with Crippen molar-refractivity contribution in [2.24, 2.45) is 5.92 Å². The van der Waals surface area contributed by atoms with Gasteiger partial charge in [0.2, 0.25) is 0 Å². The first-order valence-electron chi connectivity index (χ1n) is 7.75. The number of likely N-dealkylation sites (tertiary alicyclic amines) is 1. The number of halogens is 1. The largest absolute Gasteiger partial charge is 0.444 e. The highest BCUT2D eigenvalue weighted by molar-refractivity contribution is 7.16.